The number of nitrogens with zero attached hydrogens (tertiary/aromatic N) is 5. The lowest BCUT2D eigenvalue weighted by Crippen LogP contribution is -2.51. The van der Waals surface area contributed by atoms with Gasteiger partial charge in [-0.3, -0.25) is 29.6 Å². The minimum atomic E-state index is -0.415. The molecule has 3 aliphatic heterocycles. The van der Waals surface area contributed by atoms with Crippen LogP contribution in [0, 0.1) is 5.82 Å². The van der Waals surface area contributed by atoms with Gasteiger partial charge in [0.05, 0.1) is 12.5 Å². The third-order valence-electron chi connectivity index (χ3n) is 11.2. The van der Waals surface area contributed by atoms with Gasteiger partial charge in [0.25, 0.3) is 5.56 Å². The van der Waals surface area contributed by atoms with Crippen LogP contribution in [0.15, 0.2) is 65.8 Å². The molecule has 3 saturated heterocycles. The van der Waals surface area contributed by atoms with Gasteiger partial charge in [-0.25, -0.2) is 9.18 Å². The number of fused-ring (bicyclic) bond motifs is 1. The van der Waals surface area contributed by atoms with E-state index in [2.05, 4.69) is 32.7 Å². The second-order valence-electron chi connectivity index (χ2n) is 14.5. The van der Waals surface area contributed by atoms with Crippen LogP contribution in [0.1, 0.15) is 55.6 Å². The van der Waals surface area contributed by atoms with E-state index in [1.165, 1.54) is 22.4 Å². The van der Waals surface area contributed by atoms with Crippen molar-refractivity contribution >= 4 is 34.3 Å². The van der Waals surface area contributed by atoms with Crippen molar-refractivity contribution in [3.05, 3.63) is 88.4 Å². The van der Waals surface area contributed by atoms with Crippen LogP contribution in [-0.4, -0.2) is 94.5 Å². The number of rotatable bonds is 8. The maximum atomic E-state index is 15.8. The number of imide groups is 1. The first-order valence-electron chi connectivity index (χ1n) is 18.3. The third-order valence-corrected chi connectivity index (χ3v) is 11.2. The van der Waals surface area contributed by atoms with Crippen LogP contribution in [0.3, 0.4) is 0 Å². The molecular weight excluding hydrogens is 677 g/mol. The van der Waals surface area contributed by atoms with Gasteiger partial charge in [-0.15, -0.1) is 0 Å². The molecule has 278 valence electrons. The summed E-state index contributed by atoms with van der Waals surface area (Å²) in [6, 6.07) is 13.0. The lowest BCUT2D eigenvalue weighted by atomic mass is 9.89. The Morgan fingerprint density at radius 2 is 1.74 bits per heavy atom. The average Bonchev–Trinajstić information content (AvgIpc) is 3.18. The maximum Gasteiger partial charge on any atom is 0.319 e. The number of pyridine rings is 2. The van der Waals surface area contributed by atoms with Crippen LogP contribution < -0.4 is 20.9 Å². The molecule has 3 fully saturated rings. The van der Waals surface area contributed by atoms with Crippen LogP contribution in [-0.2, 0) is 23.2 Å². The Kier molecular flexibility index (Phi) is 10.5. The Labute approximate surface area is 307 Å². The van der Waals surface area contributed by atoms with Gasteiger partial charge < -0.3 is 24.4 Å². The number of halogens is 1. The zero-order valence-electron chi connectivity index (χ0n) is 30.4. The number of nitrogens with one attached hydrogen (secondary N) is 2. The first kappa shape index (κ1) is 36.1. The summed E-state index contributed by atoms with van der Waals surface area (Å²) in [6.07, 6.45) is 9.02. The van der Waals surface area contributed by atoms with E-state index in [1.807, 2.05) is 35.0 Å². The zero-order chi connectivity index (χ0) is 37.2. The number of hydrogen-bond donors (Lipinski definition) is 2. The number of amides is 4. The molecule has 0 aliphatic carbocycles. The van der Waals surface area contributed by atoms with E-state index < -0.39 is 6.04 Å². The lowest BCUT2D eigenvalue weighted by molar-refractivity contribution is -0.133. The fourth-order valence-electron chi connectivity index (χ4n) is 8.00. The fraction of sp³-hybridized carbons (Fsp3) is 0.425. The van der Waals surface area contributed by atoms with E-state index in [1.54, 1.807) is 32.6 Å². The summed E-state index contributed by atoms with van der Waals surface area (Å²) in [5.41, 5.74) is 3.72. The highest BCUT2D eigenvalue weighted by Crippen LogP contribution is 2.35. The molecule has 4 amide bonds. The van der Waals surface area contributed by atoms with Crippen molar-refractivity contribution in [2.45, 2.75) is 63.1 Å². The van der Waals surface area contributed by atoms with Gasteiger partial charge in [-0.2, -0.15) is 0 Å². The monoisotopic (exact) mass is 723 g/mol. The number of aryl methyl sites for hydroxylation is 1. The average molecular weight is 724 g/mol. The Hall–Kier alpha value is -5.30. The van der Waals surface area contributed by atoms with E-state index in [0.717, 1.165) is 50.0 Å². The quantitative estimate of drug-likeness (QED) is 0.247. The molecule has 7 rings (SSSR count). The number of carbonyl (C=O) groups is 3. The summed E-state index contributed by atoms with van der Waals surface area (Å²) in [5.74, 6) is -0.0841. The van der Waals surface area contributed by atoms with Crippen LogP contribution in [0.5, 0.6) is 5.75 Å². The Morgan fingerprint density at radius 3 is 2.43 bits per heavy atom. The molecule has 0 saturated carbocycles. The molecule has 1 unspecified atom stereocenters. The second kappa shape index (κ2) is 15.4. The van der Waals surface area contributed by atoms with Gasteiger partial charge in [0, 0.05) is 94.7 Å². The molecule has 3 aliphatic rings. The molecule has 2 aromatic carbocycles. The molecule has 0 radical (unpaired) electrons. The molecule has 2 N–H and O–H groups in total. The van der Waals surface area contributed by atoms with Crippen molar-refractivity contribution in [3.8, 4) is 16.9 Å². The first-order valence-corrected chi connectivity index (χ1v) is 18.3. The van der Waals surface area contributed by atoms with Crippen LogP contribution in [0.4, 0.5) is 14.9 Å². The zero-order valence-corrected chi connectivity index (χ0v) is 30.4. The van der Waals surface area contributed by atoms with E-state index >= 15 is 4.39 Å². The summed E-state index contributed by atoms with van der Waals surface area (Å²) < 4.78 is 23.0. The number of urea groups is 1. The summed E-state index contributed by atoms with van der Waals surface area (Å²) in [6.45, 7) is 3.20. The number of likely N-dealkylation sites (tertiary alicyclic amines) is 2. The molecule has 12 nitrogen and oxygen atoms in total. The van der Waals surface area contributed by atoms with E-state index in [-0.39, 0.29) is 35.3 Å². The topological polar surface area (TPSA) is 129 Å². The van der Waals surface area contributed by atoms with Crippen LogP contribution in [0.25, 0.3) is 21.9 Å². The normalized spacial score (nSPS) is 18.9. The number of aromatic nitrogens is 2. The van der Waals surface area contributed by atoms with Crippen molar-refractivity contribution in [2.75, 3.05) is 45.7 Å². The van der Waals surface area contributed by atoms with Crippen LogP contribution >= 0.6 is 0 Å². The number of benzene rings is 2. The van der Waals surface area contributed by atoms with E-state index in [4.69, 9.17) is 4.74 Å². The highest BCUT2D eigenvalue weighted by atomic mass is 19.1. The number of methoxy groups -OCH3 is 1. The number of carbonyl (C=O) groups excluding carboxylic acids is 3. The number of ether oxygens (including phenoxy) is 1. The highest BCUT2D eigenvalue weighted by Gasteiger charge is 2.32. The van der Waals surface area contributed by atoms with Gasteiger partial charge >= 0.3 is 6.03 Å². The Balaban J connectivity index is 0.912. The largest absolute Gasteiger partial charge is 0.496 e. The van der Waals surface area contributed by atoms with Crippen molar-refractivity contribution < 1.29 is 23.5 Å². The predicted molar refractivity (Wildman–Crippen MR) is 200 cm³/mol. The third kappa shape index (κ3) is 7.61. The molecule has 0 bridgehead atoms. The maximum absolute atomic E-state index is 15.8. The molecule has 4 aromatic rings. The summed E-state index contributed by atoms with van der Waals surface area (Å²) >= 11 is 0. The minimum Gasteiger partial charge on any atom is -0.496 e. The van der Waals surface area contributed by atoms with Crippen molar-refractivity contribution in [2.24, 2.45) is 7.05 Å². The molecule has 53 heavy (non-hydrogen) atoms. The van der Waals surface area contributed by atoms with Crippen molar-refractivity contribution in [1.29, 1.82) is 0 Å². The number of anilines is 1. The first-order chi connectivity index (χ1) is 25.6. The molecule has 0 spiro atoms. The van der Waals surface area contributed by atoms with Gasteiger partial charge in [-0.05, 0) is 84.9 Å². The van der Waals surface area contributed by atoms with E-state index in [0.29, 0.717) is 66.0 Å². The lowest BCUT2D eigenvalue weighted by Gasteiger charge is -2.40. The minimum absolute atomic E-state index is 0.0516. The van der Waals surface area contributed by atoms with E-state index in [9.17, 15) is 19.2 Å². The van der Waals surface area contributed by atoms with Crippen molar-refractivity contribution in [1.82, 2.24) is 29.6 Å². The standard InChI is InChI=1S/C40H46FN7O5/c1-45-23-32(30-10-15-42-22-31(30)39(45)51)27-20-34(41)33(36(21-27)53-3)24-47-16-13-29(14-17-47)46(2)40(52)48-18-11-26(12-19-48)25-4-6-28(7-5-25)43-35-8-9-37(49)44-38(35)50/h4-7,10,15,20-23,26,29,35,43H,8-9,11-14,16-19,24H2,1-3H3,(H,44,49,50). The number of hydrogen-bond acceptors (Lipinski definition) is 8. The summed E-state index contributed by atoms with van der Waals surface area (Å²) in [5, 5.41) is 6.78. The molecule has 5 heterocycles. The van der Waals surface area contributed by atoms with Gasteiger partial charge in [0.2, 0.25) is 11.8 Å². The Morgan fingerprint density at radius 1 is 1.00 bits per heavy atom. The van der Waals surface area contributed by atoms with Gasteiger partial charge in [-0.1, -0.05) is 12.1 Å². The predicted octanol–water partition coefficient (Wildman–Crippen LogP) is 4.86. The highest BCUT2D eigenvalue weighted by molar-refractivity contribution is 6.01. The van der Waals surface area contributed by atoms with Crippen LogP contribution in [0.2, 0.25) is 0 Å². The molecule has 2 aromatic heterocycles. The SMILES string of the molecule is COc1cc(-c2cn(C)c(=O)c3cnccc23)cc(F)c1CN1CCC(N(C)C(=O)N2CCC(c3ccc(NC4CCC(=O)NC4=O)cc3)CC2)CC1. The Bertz CT molecular complexity index is 2070. The number of piperidine rings is 3. The summed E-state index contributed by atoms with van der Waals surface area (Å²) in [7, 11) is 5.11. The van der Waals surface area contributed by atoms with Crippen molar-refractivity contribution in [3.63, 3.8) is 0 Å². The molecular formula is C40H46FN7O5. The second-order valence-corrected chi connectivity index (χ2v) is 14.5. The van der Waals surface area contributed by atoms with Gasteiger partial charge in [0.15, 0.2) is 0 Å². The molecule has 13 heteroatoms. The smallest absolute Gasteiger partial charge is 0.319 e. The van der Waals surface area contributed by atoms with Gasteiger partial charge in [0.1, 0.15) is 17.6 Å². The fourth-order valence-corrected chi connectivity index (χ4v) is 8.00. The molecule has 1 atom stereocenters. The summed E-state index contributed by atoms with van der Waals surface area (Å²) in [4.78, 5) is 59.9.